The Morgan fingerprint density at radius 3 is 3.00 bits per heavy atom. The maximum absolute atomic E-state index is 13.6. The number of aliphatic hydroxyl groups excluding tert-OH is 1. The Morgan fingerprint density at radius 1 is 1.48 bits per heavy atom. The highest BCUT2D eigenvalue weighted by molar-refractivity contribution is 5.52. The van der Waals surface area contributed by atoms with Gasteiger partial charge in [-0.3, -0.25) is 14.8 Å². The molecule has 8 nitrogen and oxygen atoms in total. The average molecular weight is 295 g/mol. The summed E-state index contributed by atoms with van der Waals surface area (Å²) in [6.07, 6.45) is 2.23. The minimum Gasteiger partial charge on any atom is -0.396 e. The highest BCUT2D eigenvalue weighted by Crippen LogP contribution is 2.21. The van der Waals surface area contributed by atoms with Crippen LogP contribution in [0.1, 0.15) is 12.1 Å². The number of aryl methyl sites for hydroxylation is 1. The summed E-state index contributed by atoms with van der Waals surface area (Å²) < 4.78 is 15.1. The number of nitrogens with one attached hydrogen (secondary N) is 1. The SMILES string of the molecule is O=[N+]([O-])c1ccc(F)c(NCc2cn(CCCO)nn2)c1. The maximum Gasteiger partial charge on any atom is 0.271 e. The van der Waals surface area contributed by atoms with Gasteiger partial charge in [-0.1, -0.05) is 5.21 Å². The molecule has 0 amide bonds. The van der Waals surface area contributed by atoms with Gasteiger partial charge in [-0.2, -0.15) is 0 Å². The third-order valence-electron chi connectivity index (χ3n) is 2.75. The minimum absolute atomic E-state index is 0.0362. The van der Waals surface area contributed by atoms with Crippen LogP contribution in [0.5, 0.6) is 0 Å². The number of hydrogen-bond donors (Lipinski definition) is 2. The third-order valence-corrected chi connectivity index (χ3v) is 2.75. The van der Waals surface area contributed by atoms with Crippen LogP contribution in [0.15, 0.2) is 24.4 Å². The molecular weight excluding hydrogens is 281 g/mol. The lowest BCUT2D eigenvalue weighted by molar-refractivity contribution is -0.384. The zero-order valence-electron chi connectivity index (χ0n) is 11.1. The Morgan fingerprint density at radius 2 is 2.29 bits per heavy atom. The second-order valence-electron chi connectivity index (χ2n) is 4.32. The van der Waals surface area contributed by atoms with Crippen molar-refractivity contribution in [3.05, 3.63) is 46.0 Å². The van der Waals surface area contributed by atoms with Crippen molar-refractivity contribution in [2.45, 2.75) is 19.5 Å². The number of halogens is 1. The lowest BCUT2D eigenvalue weighted by Gasteiger charge is -2.05. The number of aromatic nitrogens is 3. The van der Waals surface area contributed by atoms with Crippen LogP contribution in [0.2, 0.25) is 0 Å². The quantitative estimate of drug-likeness (QED) is 0.589. The fraction of sp³-hybridized carbons (Fsp3) is 0.333. The van der Waals surface area contributed by atoms with E-state index in [1.807, 2.05) is 0 Å². The van der Waals surface area contributed by atoms with Gasteiger partial charge in [0, 0.05) is 25.3 Å². The van der Waals surface area contributed by atoms with E-state index in [1.165, 1.54) is 0 Å². The van der Waals surface area contributed by atoms with E-state index in [1.54, 1.807) is 10.9 Å². The first-order valence-corrected chi connectivity index (χ1v) is 6.28. The van der Waals surface area contributed by atoms with E-state index in [4.69, 9.17) is 5.11 Å². The fourth-order valence-corrected chi connectivity index (χ4v) is 1.71. The van der Waals surface area contributed by atoms with Gasteiger partial charge in [-0.25, -0.2) is 4.39 Å². The van der Waals surface area contributed by atoms with E-state index >= 15 is 0 Å². The van der Waals surface area contributed by atoms with E-state index in [0.717, 1.165) is 18.2 Å². The number of benzene rings is 1. The number of nitrogens with zero attached hydrogens (tertiary/aromatic N) is 4. The molecular formula is C12H14FN5O3. The van der Waals surface area contributed by atoms with Crippen LogP contribution in [-0.2, 0) is 13.1 Å². The molecule has 0 saturated heterocycles. The first-order valence-electron chi connectivity index (χ1n) is 6.28. The molecule has 1 aromatic carbocycles. The van der Waals surface area contributed by atoms with Crippen molar-refractivity contribution in [2.75, 3.05) is 11.9 Å². The second-order valence-corrected chi connectivity index (χ2v) is 4.32. The monoisotopic (exact) mass is 295 g/mol. The summed E-state index contributed by atoms with van der Waals surface area (Å²) in [5.41, 5.74) is 0.415. The van der Waals surface area contributed by atoms with Crippen molar-refractivity contribution in [3.8, 4) is 0 Å². The fourth-order valence-electron chi connectivity index (χ4n) is 1.71. The van der Waals surface area contributed by atoms with Gasteiger partial charge < -0.3 is 10.4 Å². The molecule has 1 aromatic heterocycles. The topological polar surface area (TPSA) is 106 Å². The van der Waals surface area contributed by atoms with Crippen molar-refractivity contribution >= 4 is 11.4 Å². The van der Waals surface area contributed by atoms with Crippen molar-refractivity contribution in [2.24, 2.45) is 0 Å². The zero-order chi connectivity index (χ0) is 15.2. The lowest BCUT2D eigenvalue weighted by Crippen LogP contribution is -2.03. The van der Waals surface area contributed by atoms with Gasteiger partial charge in [0.2, 0.25) is 0 Å². The molecule has 0 aliphatic heterocycles. The van der Waals surface area contributed by atoms with E-state index in [0.29, 0.717) is 18.7 Å². The molecule has 0 spiro atoms. The Hall–Kier alpha value is -2.55. The van der Waals surface area contributed by atoms with Crippen molar-refractivity contribution in [3.63, 3.8) is 0 Å². The zero-order valence-corrected chi connectivity index (χ0v) is 11.1. The predicted molar refractivity (Wildman–Crippen MR) is 72.1 cm³/mol. The molecule has 0 atom stereocenters. The summed E-state index contributed by atoms with van der Waals surface area (Å²) >= 11 is 0. The highest BCUT2D eigenvalue weighted by atomic mass is 19.1. The van der Waals surface area contributed by atoms with Gasteiger partial charge in [-0.05, 0) is 12.5 Å². The van der Waals surface area contributed by atoms with Crippen LogP contribution in [0, 0.1) is 15.9 Å². The van der Waals surface area contributed by atoms with Crippen molar-refractivity contribution in [1.82, 2.24) is 15.0 Å². The number of nitro benzene ring substituents is 1. The second kappa shape index (κ2) is 6.75. The molecule has 0 saturated carbocycles. The summed E-state index contributed by atoms with van der Waals surface area (Å²) in [5, 5.41) is 29.8. The van der Waals surface area contributed by atoms with Crippen LogP contribution in [0.25, 0.3) is 0 Å². The molecule has 0 aliphatic carbocycles. The minimum atomic E-state index is -0.588. The van der Waals surface area contributed by atoms with E-state index in [9.17, 15) is 14.5 Å². The first kappa shape index (κ1) is 14.9. The molecule has 0 fully saturated rings. The summed E-state index contributed by atoms with van der Waals surface area (Å²) in [7, 11) is 0. The molecule has 0 bridgehead atoms. The summed E-state index contributed by atoms with van der Waals surface area (Å²) in [6.45, 7) is 0.790. The Kier molecular flexibility index (Phi) is 4.77. The average Bonchev–Trinajstić information content (AvgIpc) is 2.92. The van der Waals surface area contributed by atoms with Crippen LogP contribution in [0.3, 0.4) is 0 Å². The van der Waals surface area contributed by atoms with E-state index < -0.39 is 10.7 Å². The molecule has 9 heteroatoms. The Balaban J connectivity index is 2.00. The van der Waals surface area contributed by atoms with Gasteiger partial charge in [0.05, 0.1) is 23.4 Å². The van der Waals surface area contributed by atoms with Gasteiger partial charge in [-0.15, -0.1) is 5.10 Å². The van der Waals surface area contributed by atoms with Gasteiger partial charge >= 0.3 is 0 Å². The van der Waals surface area contributed by atoms with Crippen LogP contribution < -0.4 is 5.32 Å². The van der Waals surface area contributed by atoms with Crippen molar-refractivity contribution in [1.29, 1.82) is 0 Å². The number of non-ortho nitro benzene ring substituents is 1. The van der Waals surface area contributed by atoms with E-state index in [2.05, 4.69) is 15.6 Å². The summed E-state index contributed by atoms with van der Waals surface area (Å²) in [5.74, 6) is -0.576. The van der Waals surface area contributed by atoms with Crippen LogP contribution >= 0.6 is 0 Å². The van der Waals surface area contributed by atoms with E-state index in [-0.39, 0.29) is 24.5 Å². The number of rotatable bonds is 7. The number of nitro groups is 1. The third kappa shape index (κ3) is 3.96. The largest absolute Gasteiger partial charge is 0.396 e. The normalized spacial score (nSPS) is 10.6. The molecule has 112 valence electrons. The predicted octanol–water partition coefficient (Wildman–Crippen LogP) is 1.32. The van der Waals surface area contributed by atoms with Crippen molar-refractivity contribution < 1.29 is 14.4 Å². The number of anilines is 1. The molecule has 2 N–H and O–H groups in total. The van der Waals surface area contributed by atoms with Gasteiger partial charge in [0.25, 0.3) is 5.69 Å². The van der Waals surface area contributed by atoms with Gasteiger partial charge in [0.1, 0.15) is 11.5 Å². The van der Waals surface area contributed by atoms with Crippen LogP contribution in [-0.4, -0.2) is 31.6 Å². The molecule has 21 heavy (non-hydrogen) atoms. The summed E-state index contributed by atoms with van der Waals surface area (Å²) in [6, 6.07) is 3.27. The smallest absolute Gasteiger partial charge is 0.271 e. The summed E-state index contributed by atoms with van der Waals surface area (Å²) in [4.78, 5) is 10.1. The molecule has 2 aromatic rings. The molecule has 0 aliphatic rings. The van der Waals surface area contributed by atoms with Crippen LogP contribution in [0.4, 0.5) is 15.8 Å². The number of hydrogen-bond acceptors (Lipinski definition) is 6. The molecule has 0 unspecified atom stereocenters. The lowest BCUT2D eigenvalue weighted by atomic mass is 10.2. The first-order chi connectivity index (χ1) is 10.1. The number of aliphatic hydroxyl groups is 1. The van der Waals surface area contributed by atoms with Gasteiger partial charge in [0.15, 0.2) is 0 Å². The molecule has 1 heterocycles. The Bertz CT molecular complexity index is 631. The maximum atomic E-state index is 13.6. The molecule has 0 radical (unpaired) electrons. The Labute approximate surface area is 119 Å². The molecule has 2 rings (SSSR count). The highest BCUT2D eigenvalue weighted by Gasteiger charge is 2.11. The standard InChI is InChI=1S/C12H14FN5O3/c13-11-3-2-10(18(20)21)6-12(11)14-7-9-8-17(16-15-9)4-1-5-19/h2-3,6,8,14,19H,1,4-5,7H2.